The summed E-state index contributed by atoms with van der Waals surface area (Å²) >= 11 is 0. The molecule has 2 rings (SSSR count). The number of ether oxygens (including phenoxy) is 1. The van der Waals surface area contributed by atoms with E-state index >= 15 is 0 Å². The van der Waals surface area contributed by atoms with Crippen molar-refractivity contribution in [2.75, 3.05) is 6.61 Å². The zero-order valence-corrected chi connectivity index (χ0v) is 12.2. The van der Waals surface area contributed by atoms with E-state index in [4.69, 9.17) is 14.5 Å². The van der Waals surface area contributed by atoms with Gasteiger partial charge in [0.1, 0.15) is 18.3 Å². The van der Waals surface area contributed by atoms with E-state index < -0.39 is 50.2 Å². The molecular weight excluding hydrogens is 323 g/mol. The first-order valence-electron chi connectivity index (χ1n) is 6.14. The molecule has 0 radical (unpaired) electrons. The Balaban J connectivity index is 2.23. The molecule has 1 fully saturated rings. The van der Waals surface area contributed by atoms with Crippen LogP contribution in [0.3, 0.4) is 0 Å². The molecule has 2 unspecified atom stereocenters. The molecular formula is C10H15N2O9P. The largest absolute Gasteiger partial charge is 0.469 e. The first kappa shape index (κ1) is 17.0. The van der Waals surface area contributed by atoms with Crippen molar-refractivity contribution in [2.45, 2.75) is 31.5 Å². The lowest BCUT2D eigenvalue weighted by Gasteiger charge is -2.17. The van der Waals surface area contributed by atoms with Crippen molar-refractivity contribution in [1.29, 1.82) is 0 Å². The van der Waals surface area contributed by atoms with Gasteiger partial charge in [0.05, 0.1) is 6.61 Å². The highest BCUT2D eigenvalue weighted by Gasteiger charge is 2.45. The lowest BCUT2D eigenvalue weighted by Crippen LogP contribution is -2.38. The molecule has 1 aromatic heterocycles. The summed E-state index contributed by atoms with van der Waals surface area (Å²) in [6.45, 7) is 0.747. The molecule has 0 aromatic carbocycles. The Kier molecular flexibility index (Phi) is 4.68. The maximum atomic E-state index is 11.7. The normalized spacial score (nSPS) is 29.0. The molecule has 0 amide bonds. The highest BCUT2D eigenvalue weighted by atomic mass is 31.2. The van der Waals surface area contributed by atoms with Crippen LogP contribution in [0.15, 0.2) is 15.8 Å². The van der Waals surface area contributed by atoms with Crippen molar-refractivity contribution >= 4 is 7.82 Å². The number of phosphoric ester groups is 1. The van der Waals surface area contributed by atoms with Crippen molar-refractivity contribution in [3.8, 4) is 0 Å². The predicted molar refractivity (Wildman–Crippen MR) is 70.0 cm³/mol. The number of hydrogen-bond acceptors (Lipinski definition) is 7. The fraction of sp³-hybridized carbons (Fsp3) is 0.600. The fourth-order valence-electron chi connectivity index (χ4n) is 2.04. The molecule has 0 saturated carbocycles. The monoisotopic (exact) mass is 338 g/mol. The number of nitrogens with zero attached hydrogens (tertiary/aromatic N) is 1. The number of aromatic amines is 1. The van der Waals surface area contributed by atoms with Gasteiger partial charge in [-0.25, -0.2) is 9.36 Å². The van der Waals surface area contributed by atoms with Crippen LogP contribution in [0, 0.1) is 6.92 Å². The van der Waals surface area contributed by atoms with Gasteiger partial charge in [0, 0.05) is 11.8 Å². The quantitative estimate of drug-likeness (QED) is 0.374. The van der Waals surface area contributed by atoms with Gasteiger partial charge in [0.15, 0.2) is 6.23 Å². The molecule has 12 heteroatoms. The van der Waals surface area contributed by atoms with Gasteiger partial charge in [0.25, 0.3) is 5.56 Å². The smallest absolute Gasteiger partial charge is 0.387 e. The van der Waals surface area contributed by atoms with Gasteiger partial charge in [-0.2, -0.15) is 0 Å². The highest BCUT2D eigenvalue weighted by molar-refractivity contribution is 7.46. The van der Waals surface area contributed by atoms with Crippen LogP contribution in [-0.2, 0) is 13.8 Å². The molecule has 1 aromatic rings. The Morgan fingerprint density at radius 1 is 1.36 bits per heavy atom. The summed E-state index contributed by atoms with van der Waals surface area (Å²) in [5, 5.41) is 19.7. The van der Waals surface area contributed by atoms with E-state index in [0.717, 1.165) is 10.8 Å². The molecule has 11 nitrogen and oxygen atoms in total. The number of aromatic nitrogens is 2. The van der Waals surface area contributed by atoms with E-state index in [1.807, 2.05) is 4.98 Å². The second-order valence-corrected chi connectivity index (χ2v) is 6.05. The molecule has 4 atom stereocenters. The van der Waals surface area contributed by atoms with E-state index in [2.05, 4.69) is 4.52 Å². The molecule has 2 heterocycles. The van der Waals surface area contributed by atoms with Crippen molar-refractivity contribution < 1.29 is 33.8 Å². The number of nitrogens with one attached hydrogen (secondary N) is 1. The van der Waals surface area contributed by atoms with Crippen molar-refractivity contribution in [2.24, 2.45) is 0 Å². The minimum absolute atomic E-state index is 0.180. The van der Waals surface area contributed by atoms with Gasteiger partial charge in [-0.05, 0) is 6.92 Å². The molecule has 5 N–H and O–H groups in total. The van der Waals surface area contributed by atoms with Crippen molar-refractivity contribution in [3.05, 3.63) is 32.6 Å². The van der Waals surface area contributed by atoms with Gasteiger partial charge in [-0.3, -0.25) is 18.9 Å². The van der Waals surface area contributed by atoms with Crippen molar-refractivity contribution in [1.82, 2.24) is 9.55 Å². The average Bonchev–Trinajstić information content (AvgIpc) is 2.68. The van der Waals surface area contributed by atoms with E-state index in [1.54, 1.807) is 0 Å². The zero-order valence-electron chi connectivity index (χ0n) is 11.3. The van der Waals surface area contributed by atoms with E-state index in [1.165, 1.54) is 6.92 Å². The summed E-state index contributed by atoms with van der Waals surface area (Å²) in [5.74, 6) is 0. The fourth-order valence-corrected chi connectivity index (χ4v) is 2.38. The Labute approximate surface area is 123 Å². The second-order valence-electron chi connectivity index (χ2n) is 4.81. The van der Waals surface area contributed by atoms with E-state index in [0.29, 0.717) is 0 Å². The second kappa shape index (κ2) is 6.05. The third-order valence-corrected chi connectivity index (χ3v) is 3.65. The Bertz CT molecular complexity index is 707. The molecule has 0 bridgehead atoms. The van der Waals surface area contributed by atoms with Crippen LogP contribution in [0.25, 0.3) is 0 Å². The zero-order chi connectivity index (χ0) is 16.7. The van der Waals surface area contributed by atoms with Crippen LogP contribution in [0.2, 0.25) is 0 Å². The average molecular weight is 338 g/mol. The highest BCUT2D eigenvalue weighted by Crippen LogP contribution is 2.38. The third-order valence-electron chi connectivity index (χ3n) is 3.16. The van der Waals surface area contributed by atoms with Crippen LogP contribution < -0.4 is 11.2 Å². The lowest BCUT2D eigenvalue weighted by molar-refractivity contribution is -0.0543. The van der Waals surface area contributed by atoms with Crippen LogP contribution in [-0.4, -0.2) is 54.5 Å². The predicted octanol–water partition coefficient (Wildman–Crippen LogP) is -2.43. The standard InChI is InChI=1S/C10H15N2O9P/c1-4-2-12(10(16)11-8(4)15)9-7(14)6(13)5(21-9)3-20-22(17,18)19/h2,5-7,9,13-14H,3H2,1H3,(H,11,15,16)(H2,17,18,19)/t5?,6?,7-,9-/m1/s1. The van der Waals surface area contributed by atoms with Crippen LogP contribution in [0.1, 0.15) is 11.8 Å². The van der Waals surface area contributed by atoms with E-state index in [9.17, 15) is 24.4 Å². The Morgan fingerprint density at radius 3 is 2.59 bits per heavy atom. The molecule has 124 valence electrons. The van der Waals surface area contributed by atoms with Gasteiger partial charge < -0.3 is 24.7 Å². The third kappa shape index (κ3) is 3.52. The summed E-state index contributed by atoms with van der Waals surface area (Å²) < 4.78 is 20.9. The van der Waals surface area contributed by atoms with E-state index in [-0.39, 0.29) is 5.56 Å². The number of aryl methyl sites for hydroxylation is 1. The Hall–Kier alpha value is -1.33. The Morgan fingerprint density at radius 2 is 2.00 bits per heavy atom. The van der Waals surface area contributed by atoms with Crippen molar-refractivity contribution in [3.63, 3.8) is 0 Å². The van der Waals surface area contributed by atoms with Crippen LogP contribution in [0.5, 0.6) is 0 Å². The number of aliphatic hydroxyl groups is 2. The number of aliphatic hydroxyl groups excluding tert-OH is 2. The summed E-state index contributed by atoms with van der Waals surface area (Å²) in [4.78, 5) is 42.3. The molecule has 0 spiro atoms. The first-order valence-corrected chi connectivity index (χ1v) is 7.67. The van der Waals surface area contributed by atoms with Gasteiger partial charge >= 0.3 is 13.5 Å². The number of phosphoric acid groups is 1. The SMILES string of the molecule is Cc1cn([C@@H]2OC(COP(=O)(O)O)C(O)[C@H]2O)c(=O)[nH]c1=O. The summed E-state index contributed by atoms with van der Waals surface area (Å²) in [7, 11) is -4.77. The van der Waals surface area contributed by atoms with Crippen LogP contribution in [0.4, 0.5) is 0 Å². The topological polar surface area (TPSA) is 171 Å². The molecule has 1 saturated heterocycles. The number of rotatable bonds is 4. The first-order chi connectivity index (χ1) is 10.1. The maximum Gasteiger partial charge on any atom is 0.469 e. The van der Waals surface area contributed by atoms with Gasteiger partial charge in [0.2, 0.25) is 0 Å². The molecule has 1 aliphatic rings. The molecule has 1 aliphatic heterocycles. The maximum absolute atomic E-state index is 11.7. The minimum Gasteiger partial charge on any atom is -0.387 e. The molecule has 0 aliphatic carbocycles. The number of hydrogen-bond donors (Lipinski definition) is 5. The van der Waals surface area contributed by atoms with Gasteiger partial charge in [-0.15, -0.1) is 0 Å². The number of H-pyrrole nitrogens is 1. The minimum atomic E-state index is -4.77. The van der Waals surface area contributed by atoms with Crippen LogP contribution >= 0.6 is 7.82 Å². The summed E-state index contributed by atoms with van der Waals surface area (Å²) in [6, 6.07) is 0. The lowest BCUT2D eigenvalue weighted by atomic mass is 10.1. The van der Waals surface area contributed by atoms with Gasteiger partial charge in [-0.1, -0.05) is 0 Å². The summed E-state index contributed by atoms with van der Waals surface area (Å²) in [5.41, 5.74) is -1.28. The molecule has 22 heavy (non-hydrogen) atoms. The summed E-state index contributed by atoms with van der Waals surface area (Å²) in [6.07, 6.45) is -4.52.